The van der Waals surface area contributed by atoms with Crippen LogP contribution in [0.5, 0.6) is 0 Å². The molecule has 1 heterocycles. The highest BCUT2D eigenvalue weighted by molar-refractivity contribution is 6.30. The van der Waals surface area contributed by atoms with Crippen LogP contribution in [-0.4, -0.2) is 21.3 Å². The number of aromatic nitrogens is 2. The van der Waals surface area contributed by atoms with Gasteiger partial charge in [0.2, 0.25) is 11.8 Å². The van der Waals surface area contributed by atoms with E-state index in [1.54, 1.807) is 25.1 Å². The molecule has 0 radical (unpaired) electrons. The molecular weight excluding hydrogens is 268 g/mol. The first-order valence-electron chi connectivity index (χ1n) is 5.53. The molecule has 19 heavy (non-hydrogen) atoms. The summed E-state index contributed by atoms with van der Waals surface area (Å²) in [5, 5.41) is 16.9. The van der Waals surface area contributed by atoms with Crippen LogP contribution in [0.1, 0.15) is 22.9 Å². The van der Waals surface area contributed by atoms with Crippen LogP contribution in [0.3, 0.4) is 0 Å². The lowest BCUT2D eigenvalue weighted by Gasteiger charge is -2.04. The monoisotopic (exact) mass is 278 g/mol. The molecule has 6 heteroatoms. The summed E-state index contributed by atoms with van der Waals surface area (Å²) in [6.07, 6.45) is 2.99. The van der Waals surface area contributed by atoms with Crippen LogP contribution >= 0.6 is 11.6 Å². The number of carbonyl (C=O) groups is 1. The topological polar surface area (TPSA) is 76.2 Å². The highest BCUT2D eigenvalue weighted by Crippen LogP contribution is 2.20. The van der Waals surface area contributed by atoms with Crippen LogP contribution in [0.25, 0.3) is 6.08 Å². The summed E-state index contributed by atoms with van der Waals surface area (Å²) in [5.74, 6) is -0.0565. The van der Waals surface area contributed by atoms with E-state index in [2.05, 4.69) is 10.2 Å². The molecule has 0 fully saturated rings. The number of halogens is 1. The molecule has 0 bridgehead atoms. The fourth-order valence-electron chi connectivity index (χ4n) is 1.62. The van der Waals surface area contributed by atoms with E-state index >= 15 is 0 Å². The van der Waals surface area contributed by atoms with Gasteiger partial charge in [-0.15, -0.1) is 10.2 Å². The van der Waals surface area contributed by atoms with Crippen LogP contribution in [0.2, 0.25) is 5.02 Å². The van der Waals surface area contributed by atoms with E-state index in [0.29, 0.717) is 23.2 Å². The first-order valence-corrected chi connectivity index (χ1v) is 5.91. The van der Waals surface area contributed by atoms with E-state index in [1.165, 1.54) is 6.08 Å². The predicted octanol–water partition coefficient (Wildman–Crippen LogP) is 2.72. The van der Waals surface area contributed by atoms with Crippen molar-refractivity contribution >= 4 is 23.6 Å². The van der Waals surface area contributed by atoms with Gasteiger partial charge in [0.05, 0.1) is 6.42 Å². The quantitative estimate of drug-likeness (QED) is 0.870. The van der Waals surface area contributed by atoms with Gasteiger partial charge in [-0.3, -0.25) is 0 Å². The number of nitrogens with zero attached hydrogens (tertiary/aromatic N) is 2. The molecule has 0 aliphatic heterocycles. The Bertz CT molecular complexity index is 635. The standard InChI is InChI=1S/C13H11ClN2O3/c1-8-15-16-12(19-8)7-10-6-11(14)4-2-9(10)3-5-13(17)18/h2-6H,7H2,1H3,(H,17,18)/b5-3+. The minimum absolute atomic E-state index is 0.403. The Morgan fingerprint density at radius 2 is 2.26 bits per heavy atom. The summed E-state index contributed by atoms with van der Waals surface area (Å²) in [7, 11) is 0. The number of hydrogen-bond donors (Lipinski definition) is 1. The normalized spacial score (nSPS) is 11.1. The number of hydrogen-bond acceptors (Lipinski definition) is 4. The molecule has 0 spiro atoms. The molecule has 98 valence electrons. The maximum absolute atomic E-state index is 10.6. The Hall–Kier alpha value is -2.14. The van der Waals surface area contributed by atoms with Gasteiger partial charge >= 0.3 is 5.97 Å². The zero-order valence-electron chi connectivity index (χ0n) is 10.1. The molecule has 1 N–H and O–H groups in total. The van der Waals surface area contributed by atoms with Gasteiger partial charge in [0.25, 0.3) is 0 Å². The van der Waals surface area contributed by atoms with Crippen molar-refractivity contribution in [1.29, 1.82) is 0 Å². The van der Waals surface area contributed by atoms with E-state index in [1.807, 2.05) is 0 Å². The molecule has 0 unspecified atom stereocenters. The Balaban J connectivity index is 2.31. The maximum atomic E-state index is 10.6. The van der Waals surface area contributed by atoms with Gasteiger partial charge in [-0.05, 0) is 29.3 Å². The molecule has 0 aliphatic rings. The zero-order valence-corrected chi connectivity index (χ0v) is 10.9. The average molecular weight is 279 g/mol. The van der Waals surface area contributed by atoms with Crippen molar-refractivity contribution in [2.24, 2.45) is 0 Å². The summed E-state index contributed by atoms with van der Waals surface area (Å²) >= 11 is 5.94. The Kier molecular flexibility index (Phi) is 3.97. The van der Waals surface area contributed by atoms with Gasteiger partial charge in [0.1, 0.15) is 0 Å². The van der Waals surface area contributed by atoms with E-state index in [-0.39, 0.29) is 0 Å². The van der Waals surface area contributed by atoms with Crippen molar-refractivity contribution < 1.29 is 14.3 Å². The minimum Gasteiger partial charge on any atom is -0.478 e. The molecule has 0 aliphatic carbocycles. The number of aliphatic carboxylic acids is 1. The number of rotatable bonds is 4. The largest absolute Gasteiger partial charge is 0.478 e. The molecule has 0 atom stereocenters. The zero-order chi connectivity index (χ0) is 13.8. The van der Waals surface area contributed by atoms with Gasteiger partial charge in [0, 0.05) is 18.0 Å². The predicted molar refractivity (Wildman–Crippen MR) is 70.0 cm³/mol. The third-order valence-electron chi connectivity index (χ3n) is 2.42. The van der Waals surface area contributed by atoms with Gasteiger partial charge in [-0.25, -0.2) is 4.79 Å². The van der Waals surface area contributed by atoms with Crippen molar-refractivity contribution in [2.75, 3.05) is 0 Å². The first kappa shape index (κ1) is 13.3. The molecule has 2 rings (SSSR count). The van der Waals surface area contributed by atoms with Crippen LogP contribution in [0.4, 0.5) is 0 Å². The highest BCUT2D eigenvalue weighted by atomic mass is 35.5. The number of carboxylic acid groups (broad SMARTS) is 1. The lowest BCUT2D eigenvalue weighted by Crippen LogP contribution is -1.93. The van der Waals surface area contributed by atoms with E-state index in [0.717, 1.165) is 17.2 Å². The van der Waals surface area contributed by atoms with Crippen LogP contribution in [0.15, 0.2) is 28.7 Å². The number of aryl methyl sites for hydroxylation is 1. The first-order chi connectivity index (χ1) is 9.04. The van der Waals surface area contributed by atoms with Crippen molar-refractivity contribution in [3.63, 3.8) is 0 Å². The third-order valence-corrected chi connectivity index (χ3v) is 2.66. The van der Waals surface area contributed by atoms with Crippen LogP contribution in [-0.2, 0) is 11.2 Å². The molecule has 5 nitrogen and oxygen atoms in total. The lowest BCUT2D eigenvalue weighted by molar-refractivity contribution is -0.131. The van der Waals surface area contributed by atoms with Crippen molar-refractivity contribution in [2.45, 2.75) is 13.3 Å². The SMILES string of the molecule is Cc1nnc(Cc2cc(Cl)ccc2/C=C/C(=O)O)o1. The van der Waals surface area contributed by atoms with E-state index in [4.69, 9.17) is 21.1 Å². The number of carboxylic acids is 1. The van der Waals surface area contributed by atoms with Crippen LogP contribution < -0.4 is 0 Å². The second-order valence-corrected chi connectivity index (χ2v) is 4.34. The second-order valence-electron chi connectivity index (χ2n) is 3.91. The average Bonchev–Trinajstić information content (AvgIpc) is 2.73. The molecule has 0 amide bonds. The summed E-state index contributed by atoms with van der Waals surface area (Å²) in [6.45, 7) is 1.71. The molecule has 2 aromatic rings. The molecule has 0 saturated heterocycles. The van der Waals surface area contributed by atoms with Crippen LogP contribution in [0, 0.1) is 6.92 Å². The Morgan fingerprint density at radius 3 is 2.89 bits per heavy atom. The van der Waals surface area contributed by atoms with Crippen molar-refractivity contribution in [1.82, 2.24) is 10.2 Å². The molecule has 0 saturated carbocycles. The molecule has 1 aromatic carbocycles. The lowest BCUT2D eigenvalue weighted by atomic mass is 10.0. The summed E-state index contributed by atoms with van der Waals surface area (Å²) < 4.78 is 5.30. The van der Waals surface area contributed by atoms with Crippen molar-refractivity contribution in [3.8, 4) is 0 Å². The molecular formula is C13H11ClN2O3. The number of benzene rings is 1. The minimum atomic E-state index is -1.01. The third kappa shape index (κ3) is 3.66. The summed E-state index contributed by atoms with van der Waals surface area (Å²) in [5.41, 5.74) is 1.58. The fourth-order valence-corrected chi connectivity index (χ4v) is 1.82. The van der Waals surface area contributed by atoms with Gasteiger partial charge in [-0.1, -0.05) is 17.7 Å². The van der Waals surface area contributed by atoms with Crippen molar-refractivity contribution in [3.05, 3.63) is 52.2 Å². The smallest absolute Gasteiger partial charge is 0.328 e. The second kappa shape index (κ2) is 5.67. The Labute approximate surface area is 114 Å². The summed E-state index contributed by atoms with van der Waals surface area (Å²) in [4.78, 5) is 10.6. The van der Waals surface area contributed by atoms with Gasteiger partial charge in [0.15, 0.2) is 0 Å². The van der Waals surface area contributed by atoms with E-state index in [9.17, 15) is 4.79 Å². The molecule has 1 aromatic heterocycles. The summed E-state index contributed by atoms with van der Waals surface area (Å²) in [6, 6.07) is 5.20. The van der Waals surface area contributed by atoms with E-state index < -0.39 is 5.97 Å². The van der Waals surface area contributed by atoms with Gasteiger partial charge < -0.3 is 9.52 Å². The maximum Gasteiger partial charge on any atom is 0.328 e. The fraction of sp³-hybridized carbons (Fsp3) is 0.154. The Morgan fingerprint density at radius 1 is 1.47 bits per heavy atom. The van der Waals surface area contributed by atoms with Gasteiger partial charge in [-0.2, -0.15) is 0 Å². The highest BCUT2D eigenvalue weighted by Gasteiger charge is 2.08.